The second kappa shape index (κ2) is 5.79. The lowest BCUT2D eigenvalue weighted by Gasteiger charge is -2.05. The van der Waals surface area contributed by atoms with Crippen LogP contribution in [0.5, 0.6) is 0 Å². The zero-order valence-corrected chi connectivity index (χ0v) is 10.3. The van der Waals surface area contributed by atoms with Gasteiger partial charge in [-0.3, -0.25) is 19.7 Å². The van der Waals surface area contributed by atoms with Gasteiger partial charge in [-0.05, 0) is 6.07 Å². The number of nitrogens with one attached hydrogen (secondary N) is 2. The van der Waals surface area contributed by atoms with Gasteiger partial charge in [-0.15, -0.1) is 0 Å². The van der Waals surface area contributed by atoms with E-state index in [2.05, 4.69) is 10.3 Å². The van der Waals surface area contributed by atoms with Crippen LogP contribution in [0.3, 0.4) is 0 Å². The Bertz CT molecular complexity index is 688. The summed E-state index contributed by atoms with van der Waals surface area (Å²) in [5.41, 5.74) is 0.341. The Labute approximate surface area is 113 Å². The first-order chi connectivity index (χ1) is 9.58. The summed E-state index contributed by atoms with van der Waals surface area (Å²) in [4.78, 5) is 35.4. The molecule has 0 aliphatic heterocycles. The van der Waals surface area contributed by atoms with E-state index in [9.17, 15) is 19.7 Å². The zero-order valence-electron chi connectivity index (χ0n) is 10.3. The van der Waals surface area contributed by atoms with Crippen molar-refractivity contribution in [3.8, 4) is 0 Å². The molecule has 0 spiro atoms. The Kier molecular flexibility index (Phi) is 3.90. The van der Waals surface area contributed by atoms with Crippen molar-refractivity contribution in [1.29, 1.82) is 0 Å². The lowest BCUT2D eigenvalue weighted by Crippen LogP contribution is -2.24. The summed E-state index contributed by atoms with van der Waals surface area (Å²) < 4.78 is 0. The van der Waals surface area contributed by atoms with Crippen molar-refractivity contribution in [3.05, 3.63) is 74.2 Å². The van der Waals surface area contributed by atoms with E-state index in [1.165, 1.54) is 24.4 Å². The van der Waals surface area contributed by atoms with Crippen molar-refractivity contribution >= 4 is 11.6 Å². The Morgan fingerprint density at radius 2 is 2.00 bits per heavy atom. The van der Waals surface area contributed by atoms with Crippen LogP contribution in [0.1, 0.15) is 15.9 Å². The van der Waals surface area contributed by atoms with Gasteiger partial charge in [-0.1, -0.05) is 18.2 Å². The summed E-state index contributed by atoms with van der Waals surface area (Å²) in [6.45, 7) is 0.0368. The van der Waals surface area contributed by atoms with Crippen LogP contribution in [0.2, 0.25) is 0 Å². The summed E-state index contributed by atoms with van der Waals surface area (Å²) in [5.74, 6) is -0.417. The molecule has 0 fully saturated rings. The number of amides is 1. The molecule has 0 saturated heterocycles. The molecule has 0 aliphatic carbocycles. The van der Waals surface area contributed by atoms with Crippen molar-refractivity contribution in [2.45, 2.75) is 6.54 Å². The van der Waals surface area contributed by atoms with E-state index in [0.717, 1.165) is 0 Å². The first kappa shape index (κ1) is 13.5. The van der Waals surface area contributed by atoms with Gasteiger partial charge in [-0.25, -0.2) is 0 Å². The summed E-state index contributed by atoms with van der Waals surface area (Å²) >= 11 is 0. The van der Waals surface area contributed by atoms with Gasteiger partial charge in [0.05, 0.1) is 10.5 Å². The number of nitro groups is 1. The quantitative estimate of drug-likeness (QED) is 0.645. The molecule has 1 aromatic carbocycles. The highest BCUT2D eigenvalue weighted by molar-refractivity contribution is 5.93. The number of hydrogen-bond acceptors (Lipinski definition) is 4. The number of para-hydroxylation sites is 1. The fourth-order valence-electron chi connectivity index (χ4n) is 1.67. The van der Waals surface area contributed by atoms with Gasteiger partial charge in [0, 0.05) is 30.4 Å². The second-order valence-corrected chi connectivity index (χ2v) is 4.01. The van der Waals surface area contributed by atoms with Crippen molar-refractivity contribution in [3.63, 3.8) is 0 Å². The summed E-state index contributed by atoms with van der Waals surface area (Å²) in [6.07, 6.45) is 1.29. The number of benzene rings is 1. The average Bonchev–Trinajstić information content (AvgIpc) is 2.45. The van der Waals surface area contributed by atoms with E-state index in [4.69, 9.17) is 0 Å². The lowest BCUT2D eigenvalue weighted by molar-refractivity contribution is -0.385. The molecule has 0 saturated carbocycles. The Morgan fingerprint density at radius 3 is 2.65 bits per heavy atom. The van der Waals surface area contributed by atoms with Crippen LogP contribution in [0.4, 0.5) is 5.69 Å². The molecule has 2 rings (SSSR count). The Morgan fingerprint density at radius 1 is 1.25 bits per heavy atom. The average molecular weight is 273 g/mol. The highest BCUT2D eigenvalue weighted by Crippen LogP contribution is 2.17. The Hall–Kier alpha value is -2.96. The molecule has 2 N–H and O–H groups in total. The van der Waals surface area contributed by atoms with E-state index in [1.54, 1.807) is 18.2 Å². The minimum absolute atomic E-state index is 0.0368. The van der Waals surface area contributed by atoms with Crippen LogP contribution in [0.25, 0.3) is 0 Å². The highest BCUT2D eigenvalue weighted by Gasteiger charge is 2.13. The number of pyridine rings is 1. The number of nitrogens with zero attached hydrogens (tertiary/aromatic N) is 1. The number of aromatic amines is 1. The number of nitro benzene ring substituents is 1. The SMILES string of the molecule is O=C(NCc1ccccc1[N+](=O)[O-])c1ccc(=O)[nH]c1. The molecule has 1 heterocycles. The van der Waals surface area contributed by atoms with Gasteiger partial charge < -0.3 is 10.3 Å². The molecule has 0 radical (unpaired) electrons. The molecular weight excluding hydrogens is 262 g/mol. The molecule has 0 unspecified atom stereocenters. The molecule has 0 bridgehead atoms. The smallest absolute Gasteiger partial charge is 0.274 e. The fraction of sp³-hybridized carbons (Fsp3) is 0.0769. The van der Waals surface area contributed by atoms with Crippen LogP contribution in [-0.2, 0) is 6.54 Å². The van der Waals surface area contributed by atoms with E-state index in [1.807, 2.05) is 0 Å². The number of carbonyl (C=O) groups excluding carboxylic acids is 1. The van der Waals surface area contributed by atoms with Crippen LogP contribution in [-0.4, -0.2) is 15.8 Å². The molecule has 2 aromatic rings. The first-order valence-electron chi connectivity index (χ1n) is 5.77. The Balaban J connectivity index is 2.09. The third-order valence-electron chi connectivity index (χ3n) is 2.67. The predicted molar refractivity (Wildman–Crippen MR) is 71.3 cm³/mol. The second-order valence-electron chi connectivity index (χ2n) is 4.01. The first-order valence-corrected chi connectivity index (χ1v) is 5.77. The maximum Gasteiger partial charge on any atom is 0.274 e. The number of hydrogen-bond donors (Lipinski definition) is 2. The molecule has 1 amide bonds. The van der Waals surface area contributed by atoms with Crippen LogP contribution < -0.4 is 10.9 Å². The third-order valence-corrected chi connectivity index (χ3v) is 2.67. The van der Waals surface area contributed by atoms with E-state index in [-0.39, 0.29) is 23.4 Å². The van der Waals surface area contributed by atoms with Crippen molar-refractivity contribution in [2.24, 2.45) is 0 Å². The minimum atomic E-state index is -0.499. The van der Waals surface area contributed by atoms with E-state index in [0.29, 0.717) is 5.56 Å². The van der Waals surface area contributed by atoms with Crippen LogP contribution in [0, 0.1) is 10.1 Å². The molecule has 1 aromatic heterocycles. The van der Waals surface area contributed by atoms with Gasteiger partial charge in [0.1, 0.15) is 0 Å². The molecule has 7 heteroatoms. The van der Waals surface area contributed by atoms with E-state index < -0.39 is 10.8 Å². The molecule has 0 aliphatic rings. The standard InChI is InChI=1S/C13H11N3O4/c17-12-6-5-10(8-14-12)13(18)15-7-9-3-1-2-4-11(9)16(19)20/h1-6,8H,7H2,(H,14,17)(H,15,18). The van der Waals surface area contributed by atoms with Gasteiger partial charge in [0.2, 0.25) is 5.56 Å². The van der Waals surface area contributed by atoms with Gasteiger partial charge >= 0.3 is 0 Å². The minimum Gasteiger partial charge on any atom is -0.348 e. The van der Waals surface area contributed by atoms with Gasteiger partial charge in [0.15, 0.2) is 0 Å². The van der Waals surface area contributed by atoms with Crippen LogP contribution >= 0.6 is 0 Å². The molecule has 0 atom stereocenters. The van der Waals surface area contributed by atoms with Crippen LogP contribution in [0.15, 0.2) is 47.4 Å². The number of aromatic nitrogens is 1. The van der Waals surface area contributed by atoms with Crippen molar-refractivity contribution in [2.75, 3.05) is 0 Å². The maximum absolute atomic E-state index is 11.8. The largest absolute Gasteiger partial charge is 0.348 e. The molecular formula is C13H11N3O4. The fourth-order valence-corrected chi connectivity index (χ4v) is 1.67. The third kappa shape index (κ3) is 3.08. The highest BCUT2D eigenvalue weighted by atomic mass is 16.6. The summed E-state index contributed by atoms with van der Waals surface area (Å²) in [6, 6.07) is 8.79. The van der Waals surface area contributed by atoms with Crippen molar-refractivity contribution < 1.29 is 9.72 Å². The monoisotopic (exact) mass is 273 g/mol. The lowest BCUT2D eigenvalue weighted by atomic mass is 10.1. The predicted octanol–water partition coefficient (Wildman–Crippen LogP) is 1.21. The summed E-state index contributed by atoms with van der Waals surface area (Å²) in [7, 11) is 0. The summed E-state index contributed by atoms with van der Waals surface area (Å²) in [5, 5.41) is 13.4. The van der Waals surface area contributed by atoms with Gasteiger partial charge in [0.25, 0.3) is 11.6 Å². The number of rotatable bonds is 4. The van der Waals surface area contributed by atoms with Gasteiger partial charge in [-0.2, -0.15) is 0 Å². The number of H-pyrrole nitrogens is 1. The molecule has 102 valence electrons. The molecule has 20 heavy (non-hydrogen) atoms. The maximum atomic E-state index is 11.8. The van der Waals surface area contributed by atoms with Crippen molar-refractivity contribution in [1.82, 2.24) is 10.3 Å². The van der Waals surface area contributed by atoms with E-state index >= 15 is 0 Å². The normalized spacial score (nSPS) is 10.0. The molecule has 7 nitrogen and oxygen atoms in total. The zero-order chi connectivity index (χ0) is 14.5. The topological polar surface area (TPSA) is 105 Å². The number of carbonyl (C=O) groups is 1.